The number of nitrogens with zero attached hydrogens (tertiary/aromatic N) is 2. The van der Waals surface area contributed by atoms with Gasteiger partial charge in [-0.05, 0) is 53.9 Å². The van der Waals surface area contributed by atoms with Crippen molar-refractivity contribution in [2.45, 2.75) is 25.6 Å². The predicted octanol–water partition coefficient (Wildman–Crippen LogP) is 4.20. The molecule has 0 amide bonds. The molecule has 1 aliphatic rings. The Morgan fingerprint density at radius 1 is 1.04 bits per heavy atom. The number of aromatic hydroxyl groups is 1. The van der Waals surface area contributed by atoms with E-state index in [1.54, 1.807) is 13.2 Å². The van der Waals surface area contributed by atoms with Crippen LogP contribution >= 0.6 is 0 Å². The summed E-state index contributed by atoms with van der Waals surface area (Å²) < 4.78 is 7.61. The van der Waals surface area contributed by atoms with Crippen LogP contribution in [-0.4, -0.2) is 28.2 Å². The van der Waals surface area contributed by atoms with Gasteiger partial charge in [-0.25, -0.2) is 0 Å². The van der Waals surface area contributed by atoms with Crippen molar-refractivity contribution >= 4 is 0 Å². The van der Waals surface area contributed by atoms with Crippen molar-refractivity contribution in [2.75, 3.05) is 13.7 Å². The summed E-state index contributed by atoms with van der Waals surface area (Å²) in [6.07, 6.45) is 3.26. The number of aryl methyl sites for hydroxylation is 1. The molecule has 0 aliphatic carbocycles. The molecule has 4 rings (SSSR count). The molecule has 3 aromatic rings. The van der Waals surface area contributed by atoms with E-state index < -0.39 is 0 Å². The maximum absolute atomic E-state index is 10.0. The lowest BCUT2D eigenvalue weighted by Crippen LogP contribution is -2.29. The van der Waals surface area contributed by atoms with Gasteiger partial charge in [0.15, 0.2) is 0 Å². The van der Waals surface area contributed by atoms with Crippen molar-refractivity contribution in [1.29, 1.82) is 0 Å². The van der Waals surface area contributed by atoms with E-state index in [4.69, 9.17) is 4.74 Å². The molecule has 0 saturated heterocycles. The van der Waals surface area contributed by atoms with Gasteiger partial charge in [0.2, 0.25) is 0 Å². The number of phenolic OH excluding ortho intramolecular Hbond substituents is 1. The number of ether oxygens (including phenoxy) is 1. The highest BCUT2D eigenvalue weighted by atomic mass is 16.5. The van der Waals surface area contributed by atoms with E-state index in [-0.39, 0.29) is 6.04 Å². The topological polar surface area (TPSA) is 37.6 Å². The monoisotopic (exact) mass is 348 g/mol. The van der Waals surface area contributed by atoms with E-state index in [0.29, 0.717) is 5.75 Å². The van der Waals surface area contributed by atoms with Crippen LogP contribution in [0.15, 0.2) is 66.9 Å². The fourth-order valence-electron chi connectivity index (χ4n) is 3.85. The van der Waals surface area contributed by atoms with Gasteiger partial charge in [-0.2, -0.15) is 0 Å². The van der Waals surface area contributed by atoms with Gasteiger partial charge in [-0.15, -0.1) is 0 Å². The van der Waals surface area contributed by atoms with E-state index in [9.17, 15) is 5.11 Å². The molecule has 2 aromatic carbocycles. The Kier molecular flexibility index (Phi) is 4.67. The highest BCUT2D eigenvalue weighted by molar-refractivity contribution is 5.35. The lowest BCUT2D eigenvalue weighted by atomic mass is 10.0. The first-order valence-electron chi connectivity index (χ1n) is 9.05. The number of benzene rings is 2. The maximum atomic E-state index is 10.0. The minimum absolute atomic E-state index is 0.127. The molecule has 134 valence electrons. The molecule has 0 bridgehead atoms. The van der Waals surface area contributed by atoms with Gasteiger partial charge in [0.1, 0.15) is 11.5 Å². The molecule has 1 N–H and O–H groups in total. The molecular formula is C22H24N2O2. The molecule has 0 spiro atoms. The Morgan fingerprint density at radius 2 is 1.88 bits per heavy atom. The third-order valence-corrected chi connectivity index (χ3v) is 5.08. The number of rotatable bonds is 4. The highest BCUT2D eigenvalue weighted by Crippen LogP contribution is 2.34. The van der Waals surface area contributed by atoms with Crippen molar-refractivity contribution in [1.82, 2.24) is 9.47 Å². The van der Waals surface area contributed by atoms with E-state index >= 15 is 0 Å². The lowest BCUT2D eigenvalue weighted by Gasteiger charge is -2.30. The van der Waals surface area contributed by atoms with E-state index in [0.717, 1.165) is 37.4 Å². The average Bonchev–Trinajstić information content (AvgIpc) is 3.04. The summed E-state index contributed by atoms with van der Waals surface area (Å²) in [6.45, 7) is 2.89. The molecule has 0 saturated carbocycles. The molecular weight excluding hydrogens is 324 g/mol. The Balaban J connectivity index is 1.70. The Morgan fingerprint density at radius 3 is 2.65 bits per heavy atom. The van der Waals surface area contributed by atoms with Crippen molar-refractivity contribution in [3.05, 3.63) is 83.7 Å². The van der Waals surface area contributed by atoms with Crippen LogP contribution in [-0.2, 0) is 13.1 Å². The lowest BCUT2D eigenvalue weighted by molar-refractivity contribution is 0.220. The first kappa shape index (κ1) is 16.7. The summed E-state index contributed by atoms with van der Waals surface area (Å²) in [4.78, 5) is 2.50. The van der Waals surface area contributed by atoms with Crippen LogP contribution in [0.2, 0.25) is 0 Å². The molecule has 1 unspecified atom stereocenters. The van der Waals surface area contributed by atoms with E-state index in [1.165, 1.54) is 11.3 Å². The van der Waals surface area contributed by atoms with Crippen LogP contribution < -0.4 is 4.74 Å². The average molecular weight is 348 g/mol. The second kappa shape index (κ2) is 7.26. The van der Waals surface area contributed by atoms with Gasteiger partial charge in [0.05, 0.1) is 13.2 Å². The minimum atomic E-state index is 0.127. The highest BCUT2D eigenvalue weighted by Gasteiger charge is 2.27. The van der Waals surface area contributed by atoms with Gasteiger partial charge < -0.3 is 14.4 Å². The number of aromatic nitrogens is 1. The third-order valence-electron chi connectivity index (χ3n) is 5.08. The van der Waals surface area contributed by atoms with Crippen LogP contribution in [0.5, 0.6) is 11.5 Å². The number of phenols is 1. The molecule has 1 aliphatic heterocycles. The first-order chi connectivity index (χ1) is 12.7. The smallest absolute Gasteiger partial charge is 0.118 e. The zero-order valence-electron chi connectivity index (χ0n) is 15.0. The number of hydrogen-bond acceptors (Lipinski definition) is 3. The van der Waals surface area contributed by atoms with E-state index in [2.05, 4.69) is 46.0 Å². The van der Waals surface area contributed by atoms with Crippen LogP contribution in [0.3, 0.4) is 0 Å². The number of methoxy groups -OCH3 is 1. The Hall–Kier alpha value is -2.72. The Labute approximate surface area is 154 Å². The van der Waals surface area contributed by atoms with Gasteiger partial charge in [-0.1, -0.05) is 24.3 Å². The largest absolute Gasteiger partial charge is 0.508 e. The zero-order chi connectivity index (χ0) is 17.9. The van der Waals surface area contributed by atoms with Gasteiger partial charge in [-0.3, -0.25) is 4.90 Å². The summed E-state index contributed by atoms with van der Waals surface area (Å²) in [6, 6.07) is 20.4. The maximum Gasteiger partial charge on any atom is 0.118 e. The van der Waals surface area contributed by atoms with Crippen LogP contribution in [0.25, 0.3) is 0 Å². The molecule has 0 fully saturated rings. The van der Waals surface area contributed by atoms with Crippen LogP contribution in [0, 0.1) is 0 Å². The SMILES string of the molecule is COc1ccc(CN2CCCn3cccc3C2c2cccc(O)c2)cc1. The molecule has 4 nitrogen and oxygen atoms in total. The normalized spacial score (nSPS) is 17.5. The minimum Gasteiger partial charge on any atom is -0.508 e. The molecule has 1 aromatic heterocycles. The fourth-order valence-corrected chi connectivity index (χ4v) is 3.85. The summed E-state index contributed by atoms with van der Waals surface area (Å²) in [5, 5.41) is 10.0. The van der Waals surface area contributed by atoms with Gasteiger partial charge >= 0.3 is 0 Å². The summed E-state index contributed by atoms with van der Waals surface area (Å²) in [5.41, 5.74) is 3.66. The van der Waals surface area contributed by atoms with E-state index in [1.807, 2.05) is 24.3 Å². The summed E-state index contributed by atoms with van der Waals surface area (Å²) >= 11 is 0. The molecule has 4 heteroatoms. The summed E-state index contributed by atoms with van der Waals surface area (Å²) in [5.74, 6) is 1.19. The Bertz CT molecular complexity index is 870. The molecule has 2 heterocycles. The molecule has 1 atom stereocenters. The van der Waals surface area contributed by atoms with Gasteiger partial charge in [0.25, 0.3) is 0 Å². The van der Waals surface area contributed by atoms with Crippen molar-refractivity contribution in [3.8, 4) is 11.5 Å². The molecule has 26 heavy (non-hydrogen) atoms. The predicted molar refractivity (Wildman–Crippen MR) is 102 cm³/mol. The summed E-state index contributed by atoms with van der Waals surface area (Å²) in [7, 11) is 1.69. The third kappa shape index (κ3) is 3.33. The van der Waals surface area contributed by atoms with Crippen molar-refractivity contribution < 1.29 is 9.84 Å². The quantitative estimate of drug-likeness (QED) is 0.768. The van der Waals surface area contributed by atoms with Crippen LogP contribution in [0.4, 0.5) is 0 Å². The number of hydrogen-bond donors (Lipinski definition) is 1. The van der Waals surface area contributed by atoms with Gasteiger partial charge in [0, 0.05) is 31.5 Å². The van der Waals surface area contributed by atoms with Crippen molar-refractivity contribution in [3.63, 3.8) is 0 Å². The standard InChI is InChI=1S/C22H24N2O2/c1-26-20-10-8-17(9-11-20)16-24-14-4-13-23-12-3-7-21(23)22(24)18-5-2-6-19(25)15-18/h2-3,5-12,15,22,25H,4,13-14,16H2,1H3. The van der Waals surface area contributed by atoms with Crippen molar-refractivity contribution in [2.24, 2.45) is 0 Å². The second-order valence-electron chi connectivity index (χ2n) is 6.80. The fraction of sp³-hybridized carbons (Fsp3) is 0.273. The zero-order valence-corrected chi connectivity index (χ0v) is 15.0. The second-order valence-corrected chi connectivity index (χ2v) is 6.80. The number of fused-ring (bicyclic) bond motifs is 1. The first-order valence-corrected chi connectivity index (χ1v) is 9.05. The molecule has 0 radical (unpaired) electrons. The van der Waals surface area contributed by atoms with Crippen LogP contribution in [0.1, 0.15) is 29.3 Å².